The van der Waals surface area contributed by atoms with Crippen LogP contribution in [0.3, 0.4) is 0 Å². The molecule has 1 aliphatic heterocycles. The molecule has 2 atom stereocenters. The van der Waals surface area contributed by atoms with E-state index < -0.39 is 0 Å². The van der Waals surface area contributed by atoms with Gasteiger partial charge < -0.3 is 14.8 Å². The Balaban J connectivity index is 1.68. The number of aromatic nitrogens is 2. The monoisotopic (exact) mass is 426 g/mol. The minimum atomic E-state index is 0.0233. The van der Waals surface area contributed by atoms with Crippen molar-refractivity contribution in [3.63, 3.8) is 0 Å². The largest absolute Gasteiger partial charge is 0.352 e. The van der Waals surface area contributed by atoms with Gasteiger partial charge in [-0.1, -0.05) is 42.5 Å². The van der Waals surface area contributed by atoms with Gasteiger partial charge in [-0.15, -0.1) is 0 Å². The average Bonchev–Trinajstić information content (AvgIpc) is 3.28. The molecule has 3 heterocycles. The first-order valence-corrected chi connectivity index (χ1v) is 11.2. The number of nitrogens with zero attached hydrogens (tertiary/aromatic N) is 3. The average molecular weight is 427 g/mol. The maximum atomic E-state index is 5.71. The van der Waals surface area contributed by atoms with E-state index in [-0.39, 0.29) is 12.1 Å². The van der Waals surface area contributed by atoms with Crippen LogP contribution in [0.1, 0.15) is 41.7 Å². The molecule has 31 heavy (non-hydrogen) atoms. The molecule has 0 aliphatic carbocycles. The molecule has 1 fully saturated rings. The Labute approximate surface area is 188 Å². The molecule has 2 aromatic heterocycles. The van der Waals surface area contributed by atoms with E-state index in [0.29, 0.717) is 0 Å². The first-order chi connectivity index (χ1) is 15.1. The van der Waals surface area contributed by atoms with Crippen molar-refractivity contribution < 1.29 is 0 Å². The Hall–Kier alpha value is -3.18. The summed E-state index contributed by atoms with van der Waals surface area (Å²) in [5.74, 6) is 0. The number of nitrogens with one attached hydrogen (secondary N) is 1. The zero-order valence-corrected chi connectivity index (χ0v) is 18.9. The standard InChI is InChI=1S/C26H26N4S/c1-4-29-25(24(28-26(29)31)22-13-7-8-15-27-22)21-16-17(2)30(18(21)3)23-14-9-11-19-10-5-6-12-20(19)23/h5-16,24-25H,4H2,1-3H3,(H,28,31)/t24-,25-/m1/s1. The number of aryl methyl sites for hydroxylation is 1. The summed E-state index contributed by atoms with van der Waals surface area (Å²) in [7, 11) is 0. The zero-order chi connectivity index (χ0) is 21.5. The van der Waals surface area contributed by atoms with Crippen molar-refractivity contribution in [2.24, 2.45) is 0 Å². The highest BCUT2D eigenvalue weighted by Crippen LogP contribution is 2.41. The van der Waals surface area contributed by atoms with Crippen molar-refractivity contribution in [3.05, 3.63) is 95.6 Å². The van der Waals surface area contributed by atoms with Crippen molar-refractivity contribution in [3.8, 4) is 5.69 Å². The van der Waals surface area contributed by atoms with Gasteiger partial charge in [-0.2, -0.15) is 0 Å². The molecule has 156 valence electrons. The third kappa shape index (κ3) is 3.20. The van der Waals surface area contributed by atoms with E-state index in [9.17, 15) is 0 Å². The lowest BCUT2D eigenvalue weighted by Gasteiger charge is -2.27. The summed E-state index contributed by atoms with van der Waals surface area (Å²) in [5, 5.41) is 6.83. The van der Waals surface area contributed by atoms with Gasteiger partial charge in [0, 0.05) is 29.5 Å². The van der Waals surface area contributed by atoms with Crippen molar-refractivity contribution in [1.82, 2.24) is 19.8 Å². The highest BCUT2D eigenvalue weighted by Gasteiger charge is 2.40. The number of likely N-dealkylation sites (N-methyl/N-ethyl adjacent to an activating group) is 1. The van der Waals surface area contributed by atoms with Crippen LogP contribution in [0.15, 0.2) is 72.9 Å². The van der Waals surface area contributed by atoms with Gasteiger partial charge in [-0.05, 0) is 68.2 Å². The number of fused-ring (bicyclic) bond motifs is 1. The van der Waals surface area contributed by atoms with Crippen LogP contribution in [-0.4, -0.2) is 26.1 Å². The van der Waals surface area contributed by atoms with Gasteiger partial charge in [0.1, 0.15) is 0 Å². The number of thiocarbonyl (C=S) groups is 1. The Morgan fingerprint density at radius 2 is 1.77 bits per heavy atom. The normalized spacial score (nSPS) is 18.5. The van der Waals surface area contributed by atoms with Crippen LogP contribution in [0.4, 0.5) is 0 Å². The lowest BCUT2D eigenvalue weighted by molar-refractivity contribution is 0.329. The van der Waals surface area contributed by atoms with E-state index in [1.54, 1.807) is 0 Å². The second-order valence-corrected chi connectivity index (χ2v) is 8.46. The van der Waals surface area contributed by atoms with Gasteiger partial charge in [0.05, 0.1) is 23.5 Å². The second kappa shape index (κ2) is 7.82. The fourth-order valence-electron chi connectivity index (χ4n) is 4.95. The maximum absolute atomic E-state index is 5.71. The minimum absolute atomic E-state index is 0.0233. The van der Waals surface area contributed by atoms with Crippen molar-refractivity contribution in [2.45, 2.75) is 32.9 Å². The topological polar surface area (TPSA) is 33.1 Å². The molecule has 0 unspecified atom stereocenters. The van der Waals surface area contributed by atoms with Gasteiger partial charge in [0.2, 0.25) is 0 Å². The summed E-state index contributed by atoms with van der Waals surface area (Å²) in [5.41, 5.74) is 5.98. The Morgan fingerprint density at radius 3 is 2.55 bits per heavy atom. The SMILES string of the molecule is CCN1C(=S)N[C@H](c2ccccn2)[C@H]1c1cc(C)n(-c2cccc3ccccc23)c1C. The highest BCUT2D eigenvalue weighted by atomic mass is 32.1. The first kappa shape index (κ1) is 19.8. The Bertz CT molecular complexity index is 1260. The first-order valence-electron chi connectivity index (χ1n) is 10.7. The van der Waals surface area contributed by atoms with E-state index >= 15 is 0 Å². The van der Waals surface area contributed by atoms with E-state index in [1.807, 2.05) is 18.3 Å². The zero-order valence-electron chi connectivity index (χ0n) is 18.0. The van der Waals surface area contributed by atoms with E-state index in [4.69, 9.17) is 12.2 Å². The van der Waals surface area contributed by atoms with Crippen LogP contribution < -0.4 is 5.32 Å². The molecule has 0 saturated carbocycles. The van der Waals surface area contributed by atoms with Crippen LogP contribution in [0.25, 0.3) is 16.5 Å². The number of rotatable bonds is 4. The Morgan fingerprint density at radius 1 is 1.00 bits per heavy atom. The smallest absolute Gasteiger partial charge is 0.170 e. The van der Waals surface area contributed by atoms with Gasteiger partial charge in [0.15, 0.2) is 5.11 Å². The third-order valence-electron chi connectivity index (χ3n) is 6.33. The van der Waals surface area contributed by atoms with Crippen molar-refractivity contribution in [2.75, 3.05) is 6.54 Å². The molecule has 1 aliphatic rings. The predicted molar refractivity (Wildman–Crippen MR) is 131 cm³/mol. The number of hydrogen-bond donors (Lipinski definition) is 1. The summed E-state index contributed by atoms with van der Waals surface area (Å²) < 4.78 is 2.38. The van der Waals surface area contributed by atoms with Gasteiger partial charge in [-0.25, -0.2) is 0 Å². The number of hydrogen-bond acceptors (Lipinski definition) is 2. The predicted octanol–water partition coefficient (Wildman–Crippen LogP) is 5.63. The molecule has 0 bridgehead atoms. The summed E-state index contributed by atoms with van der Waals surface area (Å²) in [6, 6.07) is 23.6. The molecule has 2 aromatic carbocycles. The maximum Gasteiger partial charge on any atom is 0.170 e. The Kier molecular flexibility index (Phi) is 4.98. The fraction of sp³-hybridized carbons (Fsp3) is 0.231. The van der Waals surface area contributed by atoms with Crippen LogP contribution in [0.2, 0.25) is 0 Å². The molecular weight excluding hydrogens is 400 g/mol. The molecular formula is C26H26N4S. The van der Waals surface area contributed by atoms with Crippen LogP contribution in [0.5, 0.6) is 0 Å². The quantitative estimate of drug-likeness (QED) is 0.429. The molecule has 0 spiro atoms. The van der Waals surface area contributed by atoms with Gasteiger partial charge in [-0.3, -0.25) is 4.98 Å². The molecule has 1 saturated heterocycles. The van der Waals surface area contributed by atoms with E-state index in [2.05, 4.69) is 95.1 Å². The summed E-state index contributed by atoms with van der Waals surface area (Å²) >= 11 is 5.71. The van der Waals surface area contributed by atoms with Crippen LogP contribution in [-0.2, 0) is 0 Å². The molecule has 5 heteroatoms. The molecule has 1 N–H and O–H groups in total. The lowest BCUT2D eigenvalue weighted by Crippen LogP contribution is -2.29. The summed E-state index contributed by atoms with van der Waals surface area (Å²) in [6.07, 6.45) is 1.85. The molecule has 0 amide bonds. The molecule has 5 rings (SSSR count). The third-order valence-corrected chi connectivity index (χ3v) is 6.69. The van der Waals surface area contributed by atoms with Crippen LogP contribution in [0, 0.1) is 13.8 Å². The summed E-state index contributed by atoms with van der Waals surface area (Å²) in [4.78, 5) is 6.92. The van der Waals surface area contributed by atoms with E-state index in [0.717, 1.165) is 17.4 Å². The highest BCUT2D eigenvalue weighted by molar-refractivity contribution is 7.80. The second-order valence-electron chi connectivity index (χ2n) is 8.07. The number of pyridine rings is 1. The van der Waals surface area contributed by atoms with Crippen LogP contribution >= 0.6 is 12.2 Å². The molecule has 0 radical (unpaired) electrons. The van der Waals surface area contributed by atoms with Crippen molar-refractivity contribution in [1.29, 1.82) is 0 Å². The molecule has 4 nitrogen and oxygen atoms in total. The fourth-order valence-corrected chi connectivity index (χ4v) is 5.32. The summed E-state index contributed by atoms with van der Waals surface area (Å²) in [6.45, 7) is 7.41. The molecule has 4 aromatic rings. The van der Waals surface area contributed by atoms with Gasteiger partial charge in [0.25, 0.3) is 0 Å². The van der Waals surface area contributed by atoms with Gasteiger partial charge >= 0.3 is 0 Å². The minimum Gasteiger partial charge on any atom is -0.352 e. The van der Waals surface area contributed by atoms with Crippen molar-refractivity contribution >= 4 is 28.1 Å². The van der Waals surface area contributed by atoms with E-state index in [1.165, 1.54) is 33.4 Å². The lowest BCUT2D eigenvalue weighted by atomic mass is 9.97. The number of benzene rings is 2.